The monoisotopic (exact) mass is 424 g/mol. The molecule has 0 spiro atoms. The van der Waals surface area contributed by atoms with E-state index in [-0.39, 0.29) is 5.91 Å². The van der Waals surface area contributed by atoms with E-state index in [0.29, 0.717) is 11.5 Å². The number of amides is 1. The number of likely N-dealkylation sites (tertiary alicyclic amines) is 1. The number of anilines is 1. The Labute approximate surface area is 180 Å². The first-order valence-electron chi connectivity index (χ1n) is 9.89. The van der Waals surface area contributed by atoms with Crippen LogP contribution in [0.25, 0.3) is 20.8 Å². The number of carbonyl (C=O) groups excluding carboxylic acids is 1. The third-order valence-electron chi connectivity index (χ3n) is 5.00. The predicted octanol–water partition coefficient (Wildman–Crippen LogP) is 4.57. The highest BCUT2D eigenvalue weighted by atomic mass is 32.1. The highest BCUT2D eigenvalue weighted by Crippen LogP contribution is 2.31. The lowest BCUT2D eigenvalue weighted by Gasteiger charge is -2.16. The predicted molar refractivity (Wildman–Crippen MR) is 124 cm³/mol. The number of aryl methyl sites for hydroxylation is 1. The largest absolute Gasteiger partial charge is 0.362 e. The molecule has 2 N–H and O–H groups in total. The Balaban J connectivity index is 1.28. The van der Waals surface area contributed by atoms with Crippen molar-refractivity contribution in [3.8, 4) is 10.6 Å². The number of nitrogens with zero attached hydrogens (tertiary/aromatic N) is 2. The fourth-order valence-corrected chi connectivity index (χ4v) is 4.73. The summed E-state index contributed by atoms with van der Waals surface area (Å²) < 4.78 is 1.21. The van der Waals surface area contributed by atoms with Crippen molar-refractivity contribution < 1.29 is 4.79 Å². The van der Waals surface area contributed by atoms with E-state index >= 15 is 0 Å². The Morgan fingerprint density at radius 2 is 2.07 bits per heavy atom. The lowest BCUT2D eigenvalue weighted by atomic mass is 10.2. The third-order valence-corrected chi connectivity index (χ3v) is 6.31. The highest BCUT2D eigenvalue weighted by molar-refractivity contribution is 7.80. The minimum absolute atomic E-state index is 0.272. The van der Waals surface area contributed by atoms with Gasteiger partial charge in [-0.2, -0.15) is 0 Å². The Kier molecular flexibility index (Phi) is 6.06. The lowest BCUT2D eigenvalue weighted by Crippen LogP contribution is -2.32. The molecule has 2 heterocycles. The van der Waals surface area contributed by atoms with E-state index in [9.17, 15) is 4.79 Å². The number of carbonyl (C=O) groups is 1. The van der Waals surface area contributed by atoms with Gasteiger partial charge < -0.3 is 15.5 Å². The quantitative estimate of drug-likeness (QED) is 0.448. The van der Waals surface area contributed by atoms with Crippen molar-refractivity contribution >= 4 is 50.5 Å². The van der Waals surface area contributed by atoms with Gasteiger partial charge in [0.2, 0.25) is 5.91 Å². The van der Waals surface area contributed by atoms with Crippen LogP contribution in [-0.2, 0) is 4.79 Å². The summed E-state index contributed by atoms with van der Waals surface area (Å²) in [6.45, 7) is 4.54. The lowest BCUT2D eigenvalue weighted by molar-refractivity contribution is -0.127. The number of rotatable bonds is 6. The van der Waals surface area contributed by atoms with Gasteiger partial charge in [-0.05, 0) is 73.9 Å². The van der Waals surface area contributed by atoms with Crippen LogP contribution in [0.15, 0.2) is 42.5 Å². The standard InChI is InChI=1S/C22H24N4OS2/c1-15-5-10-18-19(14-15)29-21(25-18)16-6-8-17(9-7-16)24-22(28)23-11-3-13-26-12-2-4-20(26)27/h5-10,14H,2-4,11-13H2,1H3,(H2,23,24,28). The third kappa shape index (κ3) is 4.92. The van der Waals surface area contributed by atoms with Gasteiger partial charge in [0.25, 0.3) is 0 Å². The van der Waals surface area contributed by atoms with E-state index in [0.717, 1.165) is 54.3 Å². The smallest absolute Gasteiger partial charge is 0.222 e. The summed E-state index contributed by atoms with van der Waals surface area (Å²) in [6.07, 6.45) is 2.57. The average molecular weight is 425 g/mol. The second kappa shape index (κ2) is 8.88. The molecule has 0 bridgehead atoms. The second-order valence-electron chi connectivity index (χ2n) is 7.29. The molecule has 29 heavy (non-hydrogen) atoms. The van der Waals surface area contributed by atoms with E-state index in [1.54, 1.807) is 11.3 Å². The van der Waals surface area contributed by atoms with E-state index < -0.39 is 0 Å². The van der Waals surface area contributed by atoms with Crippen LogP contribution in [-0.4, -0.2) is 40.5 Å². The van der Waals surface area contributed by atoms with Gasteiger partial charge >= 0.3 is 0 Å². The zero-order valence-corrected chi connectivity index (χ0v) is 18.0. The van der Waals surface area contributed by atoms with Crippen molar-refractivity contribution in [1.29, 1.82) is 0 Å². The summed E-state index contributed by atoms with van der Waals surface area (Å²) in [5.41, 5.74) is 4.33. The summed E-state index contributed by atoms with van der Waals surface area (Å²) >= 11 is 7.09. The molecule has 150 valence electrons. The van der Waals surface area contributed by atoms with Crippen LogP contribution in [0.5, 0.6) is 0 Å². The van der Waals surface area contributed by atoms with Gasteiger partial charge in [-0.3, -0.25) is 4.79 Å². The molecule has 1 aliphatic heterocycles. The van der Waals surface area contributed by atoms with Crippen LogP contribution in [0, 0.1) is 6.92 Å². The first-order chi connectivity index (χ1) is 14.1. The Hall–Kier alpha value is -2.51. The number of fused-ring (bicyclic) bond motifs is 1. The van der Waals surface area contributed by atoms with Gasteiger partial charge in [-0.15, -0.1) is 11.3 Å². The normalized spacial score (nSPS) is 13.8. The second-order valence-corrected chi connectivity index (χ2v) is 8.73. The Bertz CT molecular complexity index is 1030. The topological polar surface area (TPSA) is 57.3 Å². The number of thiazole rings is 1. The van der Waals surface area contributed by atoms with E-state index in [2.05, 4.69) is 47.9 Å². The zero-order chi connectivity index (χ0) is 20.2. The van der Waals surface area contributed by atoms with Gasteiger partial charge in [0, 0.05) is 37.3 Å². The van der Waals surface area contributed by atoms with Crippen LogP contribution in [0.3, 0.4) is 0 Å². The van der Waals surface area contributed by atoms with Crippen LogP contribution >= 0.6 is 23.6 Å². The van der Waals surface area contributed by atoms with Gasteiger partial charge in [0.05, 0.1) is 10.2 Å². The molecule has 0 aliphatic carbocycles. The number of thiocarbonyl (C=S) groups is 1. The fourth-order valence-electron chi connectivity index (χ4n) is 3.44. The summed E-state index contributed by atoms with van der Waals surface area (Å²) in [5.74, 6) is 0.272. The molecule has 0 saturated carbocycles. The molecular weight excluding hydrogens is 400 g/mol. The zero-order valence-electron chi connectivity index (χ0n) is 16.4. The van der Waals surface area contributed by atoms with E-state index in [4.69, 9.17) is 17.2 Å². The molecule has 2 aromatic carbocycles. The number of hydrogen-bond acceptors (Lipinski definition) is 4. The van der Waals surface area contributed by atoms with Crippen LogP contribution in [0.4, 0.5) is 5.69 Å². The summed E-state index contributed by atoms with van der Waals surface area (Å²) in [7, 11) is 0. The maximum atomic E-state index is 11.6. The average Bonchev–Trinajstić information content (AvgIpc) is 3.31. The van der Waals surface area contributed by atoms with Gasteiger partial charge in [-0.25, -0.2) is 4.98 Å². The number of benzene rings is 2. The van der Waals surface area contributed by atoms with E-state index in [1.165, 1.54) is 10.3 Å². The number of hydrogen-bond donors (Lipinski definition) is 2. The SMILES string of the molecule is Cc1ccc2nc(-c3ccc(NC(=S)NCCCN4CCCC4=O)cc3)sc2c1. The minimum Gasteiger partial charge on any atom is -0.362 e. The molecule has 1 amide bonds. The van der Waals surface area contributed by atoms with Gasteiger partial charge in [-0.1, -0.05) is 6.07 Å². The molecule has 5 nitrogen and oxygen atoms in total. The summed E-state index contributed by atoms with van der Waals surface area (Å²) in [4.78, 5) is 18.3. The van der Waals surface area contributed by atoms with Crippen molar-refractivity contribution in [2.24, 2.45) is 0 Å². The van der Waals surface area contributed by atoms with E-state index in [1.807, 2.05) is 17.0 Å². The number of nitrogens with one attached hydrogen (secondary N) is 2. The number of aromatic nitrogens is 1. The Morgan fingerprint density at radius 1 is 1.24 bits per heavy atom. The van der Waals surface area contributed by atoms with Crippen LogP contribution in [0.1, 0.15) is 24.8 Å². The van der Waals surface area contributed by atoms with Crippen LogP contribution in [0.2, 0.25) is 0 Å². The summed E-state index contributed by atoms with van der Waals surface area (Å²) in [6, 6.07) is 14.5. The van der Waals surface area contributed by atoms with Crippen molar-refractivity contribution in [2.45, 2.75) is 26.2 Å². The van der Waals surface area contributed by atoms with Crippen molar-refractivity contribution in [3.63, 3.8) is 0 Å². The molecule has 1 aromatic heterocycles. The molecule has 4 rings (SSSR count). The fraction of sp³-hybridized carbons (Fsp3) is 0.318. The molecule has 1 aliphatic rings. The van der Waals surface area contributed by atoms with Crippen molar-refractivity contribution in [3.05, 3.63) is 48.0 Å². The van der Waals surface area contributed by atoms with Gasteiger partial charge in [0.15, 0.2) is 5.11 Å². The molecule has 1 fully saturated rings. The first-order valence-corrected chi connectivity index (χ1v) is 11.1. The summed E-state index contributed by atoms with van der Waals surface area (Å²) in [5, 5.41) is 8.05. The molecule has 0 atom stereocenters. The molecule has 1 saturated heterocycles. The molecular formula is C22H24N4OS2. The van der Waals surface area contributed by atoms with Crippen molar-refractivity contribution in [2.75, 3.05) is 25.0 Å². The van der Waals surface area contributed by atoms with Crippen LogP contribution < -0.4 is 10.6 Å². The Morgan fingerprint density at radius 3 is 2.83 bits per heavy atom. The molecule has 7 heteroatoms. The van der Waals surface area contributed by atoms with Crippen molar-refractivity contribution in [1.82, 2.24) is 15.2 Å². The molecule has 3 aromatic rings. The maximum Gasteiger partial charge on any atom is 0.222 e. The highest BCUT2D eigenvalue weighted by Gasteiger charge is 2.18. The van der Waals surface area contributed by atoms with Gasteiger partial charge in [0.1, 0.15) is 5.01 Å². The molecule has 0 unspecified atom stereocenters. The maximum absolute atomic E-state index is 11.6. The first kappa shape index (κ1) is 19.8. The minimum atomic E-state index is 0.272. The molecule has 0 radical (unpaired) electrons.